The molecule has 0 heterocycles. The zero-order chi connectivity index (χ0) is 21.9. The molecule has 3 N–H and O–H groups in total. The molecule has 0 saturated heterocycles. The monoisotopic (exact) mass is 418 g/mol. The van der Waals surface area contributed by atoms with E-state index in [1.54, 1.807) is 12.1 Å². The average Bonchev–Trinajstić information content (AvgIpc) is 2.72. The summed E-state index contributed by atoms with van der Waals surface area (Å²) in [5.41, 5.74) is -3.86. The molecule has 6 nitrogen and oxygen atoms in total. The molecule has 156 valence electrons. The number of halogens is 3. The first-order valence-corrected chi connectivity index (χ1v) is 8.70. The number of carbonyl (C=O) groups is 2. The molecule has 9 heteroatoms. The van der Waals surface area contributed by atoms with Crippen LogP contribution < -0.4 is 10.6 Å². The van der Waals surface area contributed by atoms with E-state index in [1.165, 1.54) is 0 Å². The van der Waals surface area contributed by atoms with Crippen molar-refractivity contribution in [3.63, 3.8) is 0 Å². The summed E-state index contributed by atoms with van der Waals surface area (Å²) in [7, 11) is 0.742. The molecule has 0 aliphatic heterocycles. The molecule has 3 aromatic carbocycles. The number of carbonyl (C=O) groups excluding carboxylic acids is 2. The molecule has 0 aromatic heterocycles. The van der Waals surface area contributed by atoms with Crippen molar-refractivity contribution in [2.45, 2.75) is 11.8 Å². The first-order valence-electron chi connectivity index (χ1n) is 8.70. The quantitative estimate of drug-likeness (QED) is 0.548. The number of hydrogen-bond acceptors (Lipinski definition) is 4. The third kappa shape index (κ3) is 4.06. The van der Waals surface area contributed by atoms with Crippen LogP contribution in [0.15, 0.2) is 66.7 Å². The predicted molar refractivity (Wildman–Crippen MR) is 105 cm³/mol. The average molecular weight is 418 g/mol. The molecule has 0 spiro atoms. The Bertz CT molecular complexity index is 1080. The molecule has 0 unspecified atom stereocenters. The Hall–Kier alpha value is -3.59. The smallest absolute Gasteiger partial charge is 0.432 e. The lowest BCUT2D eigenvalue weighted by molar-refractivity contribution is -0.266. The Morgan fingerprint density at radius 1 is 0.867 bits per heavy atom. The van der Waals surface area contributed by atoms with Crippen LogP contribution in [0.4, 0.5) is 29.3 Å². The van der Waals surface area contributed by atoms with Crippen molar-refractivity contribution < 1.29 is 32.6 Å². The van der Waals surface area contributed by atoms with E-state index in [-0.39, 0.29) is 5.69 Å². The van der Waals surface area contributed by atoms with Crippen LogP contribution >= 0.6 is 0 Å². The summed E-state index contributed by atoms with van der Waals surface area (Å²) in [6.07, 6.45) is -5.29. The van der Waals surface area contributed by atoms with Crippen LogP contribution in [0.5, 0.6) is 0 Å². The molecule has 1 atom stereocenters. The van der Waals surface area contributed by atoms with Gasteiger partial charge in [0.2, 0.25) is 0 Å². The topological polar surface area (TPSA) is 87.7 Å². The van der Waals surface area contributed by atoms with Crippen molar-refractivity contribution in [1.82, 2.24) is 0 Å². The van der Waals surface area contributed by atoms with Gasteiger partial charge in [0.05, 0.1) is 7.11 Å². The van der Waals surface area contributed by atoms with Crippen molar-refractivity contribution in [2.24, 2.45) is 0 Å². The van der Waals surface area contributed by atoms with Gasteiger partial charge in [-0.2, -0.15) is 13.2 Å². The van der Waals surface area contributed by atoms with E-state index in [0.29, 0.717) is 5.69 Å². The van der Waals surface area contributed by atoms with Gasteiger partial charge in [-0.05, 0) is 35.0 Å². The lowest BCUT2D eigenvalue weighted by Gasteiger charge is -2.28. The predicted octanol–water partition coefficient (Wildman–Crippen LogP) is 4.41. The van der Waals surface area contributed by atoms with Crippen LogP contribution in [-0.2, 0) is 15.1 Å². The number of esters is 1. The van der Waals surface area contributed by atoms with E-state index in [4.69, 9.17) is 0 Å². The second kappa shape index (κ2) is 8.03. The molecule has 0 aliphatic rings. The lowest BCUT2D eigenvalue weighted by Crippen LogP contribution is -2.49. The Morgan fingerprint density at radius 2 is 1.43 bits per heavy atom. The molecule has 0 radical (unpaired) electrons. The number of rotatable bonds is 4. The second-order valence-electron chi connectivity index (χ2n) is 6.42. The summed E-state index contributed by atoms with van der Waals surface area (Å²) in [5.74, 6) is -1.86. The summed E-state index contributed by atoms with van der Waals surface area (Å²) >= 11 is 0. The molecular weight excluding hydrogens is 401 g/mol. The maximum atomic E-state index is 13.3. The van der Waals surface area contributed by atoms with E-state index in [0.717, 1.165) is 42.1 Å². The maximum Gasteiger partial charge on any atom is 0.432 e. The van der Waals surface area contributed by atoms with E-state index in [9.17, 15) is 27.9 Å². The lowest BCUT2D eigenvalue weighted by atomic mass is 9.93. The van der Waals surface area contributed by atoms with Crippen LogP contribution in [0.3, 0.4) is 0 Å². The number of ether oxygens (including phenoxy) is 1. The minimum absolute atomic E-state index is 0.159. The van der Waals surface area contributed by atoms with Gasteiger partial charge in [0.1, 0.15) is 0 Å². The summed E-state index contributed by atoms with van der Waals surface area (Å²) in [4.78, 5) is 23.8. The molecule has 0 fully saturated rings. The third-order valence-electron chi connectivity index (χ3n) is 4.46. The molecule has 3 aromatic rings. The summed E-state index contributed by atoms with van der Waals surface area (Å²) < 4.78 is 43.9. The highest BCUT2D eigenvalue weighted by atomic mass is 19.4. The number of anilines is 2. The molecule has 0 aliphatic carbocycles. The van der Waals surface area contributed by atoms with Crippen LogP contribution in [0, 0.1) is 0 Å². The molecule has 3 rings (SSSR count). The zero-order valence-corrected chi connectivity index (χ0v) is 15.7. The number of nitrogens with one attached hydrogen (secondary N) is 2. The molecule has 2 amide bonds. The summed E-state index contributed by atoms with van der Waals surface area (Å²) in [6, 6.07) is 16.3. The number of methoxy groups -OCH3 is 1. The highest BCUT2D eigenvalue weighted by Crippen LogP contribution is 2.40. The fraction of sp³-hybridized carbons (Fsp3) is 0.143. The van der Waals surface area contributed by atoms with Crippen LogP contribution in [0.2, 0.25) is 0 Å². The molecular formula is C21H17F3N2O4. The van der Waals surface area contributed by atoms with Gasteiger partial charge in [-0.1, -0.05) is 42.5 Å². The minimum Gasteiger partial charge on any atom is -0.466 e. The van der Waals surface area contributed by atoms with Gasteiger partial charge in [-0.3, -0.25) is 0 Å². The highest BCUT2D eigenvalue weighted by molar-refractivity contribution is 6.01. The Balaban J connectivity index is 1.74. The number of amides is 2. The van der Waals surface area contributed by atoms with Crippen LogP contribution in [0.1, 0.15) is 5.56 Å². The number of alkyl halides is 3. The zero-order valence-electron chi connectivity index (χ0n) is 15.7. The normalized spacial score (nSPS) is 13.4. The Kier molecular flexibility index (Phi) is 5.66. The standard InChI is InChI=1S/C21H17F3N2O4/c1-30-18(27)20(29,21(22,23)24)15-7-10-16(11-8-15)25-19(28)26-17-9-6-13-4-2-3-5-14(13)12-17/h2-12,29H,1H3,(H2,25,26,28)/t20-/m1/s1. The number of urea groups is 1. The first-order chi connectivity index (χ1) is 14.1. The van der Waals surface area contributed by atoms with Crippen LogP contribution in [-0.4, -0.2) is 30.4 Å². The van der Waals surface area contributed by atoms with Crippen molar-refractivity contribution in [2.75, 3.05) is 17.7 Å². The van der Waals surface area contributed by atoms with Gasteiger partial charge < -0.3 is 20.5 Å². The van der Waals surface area contributed by atoms with E-state index >= 15 is 0 Å². The van der Waals surface area contributed by atoms with Crippen LogP contribution in [0.25, 0.3) is 10.8 Å². The van der Waals surface area contributed by atoms with E-state index in [2.05, 4.69) is 15.4 Å². The van der Waals surface area contributed by atoms with Gasteiger partial charge in [-0.25, -0.2) is 9.59 Å². The Labute approximate surface area is 169 Å². The molecule has 0 saturated carbocycles. The van der Waals surface area contributed by atoms with Crippen molar-refractivity contribution in [3.05, 3.63) is 72.3 Å². The number of aliphatic hydroxyl groups is 1. The number of benzene rings is 3. The van der Waals surface area contributed by atoms with E-state index in [1.807, 2.05) is 30.3 Å². The highest BCUT2D eigenvalue weighted by Gasteiger charge is 2.62. The molecule has 0 bridgehead atoms. The number of fused-ring (bicyclic) bond motifs is 1. The van der Waals surface area contributed by atoms with E-state index < -0.39 is 29.3 Å². The third-order valence-corrected chi connectivity index (χ3v) is 4.46. The fourth-order valence-corrected chi connectivity index (χ4v) is 2.90. The van der Waals surface area contributed by atoms with Gasteiger partial charge in [-0.15, -0.1) is 0 Å². The first kappa shape index (κ1) is 21.1. The van der Waals surface area contributed by atoms with Gasteiger partial charge >= 0.3 is 18.2 Å². The largest absolute Gasteiger partial charge is 0.466 e. The Morgan fingerprint density at radius 3 is 2.03 bits per heavy atom. The number of hydrogen-bond donors (Lipinski definition) is 3. The summed E-state index contributed by atoms with van der Waals surface area (Å²) in [6.45, 7) is 0. The summed E-state index contributed by atoms with van der Waals surface area (Å²) in [5, 5.41) is 17.0. The maximum absolute atomic E-state index is 13.3. The van der Waals surface area contributed by atoms with Gasteiger partial charge in [0.25, 0.3) is 5.60 Å². The molecule has 30 heavy (non-hydrogen) atoms. The van der Waals surface area contributed by atoms with Gasteiger partial charge in [0.15, 0.2) is 0 Å². The second-order valence-corrected chi connectivity index (χ2v) is 6.42. The van der Waals surface area contributed by atoms with Crippen molar-refractivity contribution in [1.29, 1.82) is 0 Å². The fourth-order valence-electron chi connectivity index (χ4n) is 2.90. The van der Waals surface area contributed by atoms with Crippen molar-refractivity contribution in [3.8, 4) is 0 Å². The van der Waals surface area contributed by atoms with Crippen molar-refractivity contribution >= 4 is 34.1 Å². The SMILES string of the molecule is COC(=O)[C@](O)(c1ccc(NC(=O)Nc2ccc3ccccc3c2)cc1)C(F)(F)F. The minimum atomic E-state index is -5.29. The van der Waals surface area contributed by atoms with Gasteiger partial charge in [0, 0.05) is 16.9 Å².